The van der Waals surface area contributed by atoms with Gasteiger partial charge in [0.2, 0.25) is 23.6 Å². The maximum Gasteiger partial charge on any atom is 0.238 e. The van der Waals surface area contributed by atoms with Gasteiger partial charge in [-0.05, 0) is 66.8 Å². The molecular formula is C40H30N4O4. The van der Waals surface area contributed by atoms with Crippen molar-refractivity contribution in [3.05, 3.63) is 109 Å². The molecule has 1 aromatic heterocycles. The van der Waals surface area contributed by atoms with E-state index in [4.69, 9.17) is 9.97 Å². The van der Waals surface area contributed by atoms with Gasteiger partial charge in [0.05, 0.1) is 46.4 Å². The Kier molecular flexibility index (Phi) is 5.75. The van der Waals surface area contributed by atoms with Crippen LogP contribution in [0.5, 0.6) is 0 Å². The van der Waals surface area contributed by atoms with Gasteiger partial charge in [0, 0.05) is 16.7 Å². The van der Waals surface area contributed by atoms with Gasteiger partial charge < -0.3 is 0 Å². The molecule has 4 amide bonds. The third-order valence-electron chi connectivity index (χ3n) is 11.5. The highest BCUT2D eigenvalue weighted by atomic mass is 16.2. The SMILES string of the molecule is O=C1[C@@H]2[C@H](C(=O)N1c1ccc(-c3cc(-c4ccc(N5C(=O)[C@@H]6[C@H](C5=O)[C@H]5C=C[C@H]6C5)cc4)nc(-c4ccccc4)n3)cc1)[C@@H]1C=C[C@H]2C1. The molecule has 4 fully saturated rings. The molecular weight excluding hydrogens is 600 g/mol. The Bertz CT molecular complexity index is 1930. The predicted molar refractivity (Wildman–Crippen MR) is 179 cm³/mol. The summed E-state index contributed by atoms with van der Waals surface area (Å²) in [7, 11) is 0. The summed E-state index contributed by atoms with van der Waals surface area (Å²) >= 11 is 0. The van der Waals surface area contributed by atoms with Crippen LogP contribution in [-0.4, -0.2) is 33.6 Å². The molecule has 48 heavy (non-hydrogen) atoms. The molecule has 0 N–H and O–H groups in total. The second-order valence-corrected chi connectivity index (χ2v) is 13.9. The fraction of sp³-hybridized carbons (Fsp3) is 0.250. The molecule has 10 rings (SSSR count). The standard InChI is InChI=1S/C40H30N4O4/c45-37-32-24-6-7-25(18-24)33(32)38(46)43(37)28-14-10-21(11-15-28)30-20-31(42-36(41-30)23-4-2-1-3-5-23)22-12-16-29(17-13-22)44-39(47)34-26-8-9-27(19-26)35(34)40(44)48/h1-17,20,24-27,32-35H,18-19H2/t24-,25-,26-,27+,32-,33+,34-,35+/m0/s1. The average Bonchev–Trinajstić information content (AvgIpc) is 3.98. The molecule has 0 unspecified atom stereocenters. The Labute approximate surface area is 276 Å². The van der Waals surface area contributed by atoms with Crippen molar-refractivity contribution in [1.29, 1.82) is 0 Å². The van der Waals surface area contributed by atoms with Crippen LogP contribution in [0.15, 0.2) is 109 Å². The molecule has 8 nitrogen and oxygen atoms in total. The summed E-state index contributed by atoms with van der Waals surface area (Å²) in [6.45, 7) is 0. The van der Waals surface area contributed by atoms with Crippen molar-refractivity contribution in [2.75, 3.05) is 9.80 Å². The lowest BCUT2D eigenvalue weighted by Gasteiger charge is -2.18. The van der Waals surface area contributed by atoms with Crippen molar-refractivity contribution in [2.45, 2.75) is 12.8 Å². The number of rotatable bonds is 5. The molecule has 3 aromatic carbocycles. The number of hydrogen-bond donors (Lipinski definition) is 0. The van der Waals surface area contributed by atoms with Gasteiger partial charge in [-0.3, -0.25) is 29.0 Å². The van der Waals surface area contributed by atoms with Crippen LogP contribution >= 0.6 is 0 Å². The van der Waals surface area contributed by atoms with Gasteiger partial charge in [-0.15, -0.1) is 0 Å². The van der Waals surface area contributed by atoms with Gasteiger partial charge in [0.25, 0.3) is 0 Å². The molecule has 8 heteroatoms. The third-order valence-corrected chi connectivity index (χ3v) is 11.5. The highest BCUT2D eigenvalue weighted by Crippen LogP contribution is 2.54. The van der Waals surface area contributed by atoms with Crippen LogP contribution in [0.2, 0.25) is 0 Å². The van der Waals surface area contributed by atoms with Crippen LogP contribution in [0, 0.1) is 47.3 Å². The highest BCUT2D eigenvalue weighted by Gasteiger charge is 2.60. The van der Waals surface area contributed by atoms with E-state index in [-0.39, 0.29) is 71.0 Å². The lowest BCUT2D eigenvalue weighted by atomic mass is 9.85. The van der Waals surface area contributed by atoms with Crippen LogP contribution in [0.4, 0.5) is 11.4 Å². The molecule has 4 bridgehead atoms. The van der Waals surface area contributed by atoms with Crippen molar-refractivity contribution >= 4 is 35.0 Å². The fourth-order valence-electron chi connectivity index (χ4n) is 9.34. The smallest absolute Gasteiger partial charge is 0.238 e. The minimum atomic E-state index is -0.245. The monoisotopic (exact) mass is 630 g/mol. The summed E-state index contributed by atoms with van der Waals surface area (Å²) in [4.78, 5) is 66.1. The van der Waals surface area contributed by atoms with Crippen molar-refractivity contribution in [3.8, 4) is 33.9 Å². The number of hydrogen-bond acceptors (Lipinski definition) is 6. The number of aromatic nitrogens is 2. The number of nitrogens with zero attached hydrogens (tertiary/aromatic N) is 4. The van der Waals surface area contributed by atoms with Crippen LogP contribution in [0.1, 0.15) is 12.8 Å². The van der Waals surface area contributed by atoms with Gasteiger partial charge in [0.15, 0.2) is 5.82 Å². The van der Waals surface area contributed by atoms with Crippen molar-refractivity contribution in [1.82, 2.24) is 9.97 Å². The maximum atomic E-state index is 13.4. The van der Waals surface area contributed by atoms with Crippen LogP contribution in [0.25, 0.3) is 33.9 Å². The normalized spacial score (nSPS) is 30.7. The fourth-order valence-corrected chi connectivity index (χ4v) is 9.34. The number of carbonyl (C=O) groups is 4. The summed E-state index contributed by atoms with van der Waals surface area (Å²) in [5, 5.41) is 0. The van der Waals surface area contributed by atoms with Crippen molar-refractivity contribution < 1.29 is 19.2 Å². The first-order valence-corrected chi connectivity index (χ1v) is 16.7. The second-order valence-electron chi connectivity index (χ2n) is 13.9. The Hall–Kier alpha value is -5.50. The first-order chi connectivity index (χ1) is 23.4. The average molecular weight is 631 g/mol. The van der Waals surface area contributed by atoms with E-state index in [1.807, 2.05) is 84.9 Å². The lowest BCUT2D eigenvalue weighted by molar-refractivity contribution is -0.124. The zero-order chi connectivity index (χ0) is 32.3. The predicted octanol–water partition coefficient (Wildman–Crippen LogP) is 6.10. The number of fused-ring (bicyclic) bond motifs is 10. The zero-order valence-corrected chi connectivity index (χ0v) is 25.8. The van der Waals surface area contributed by atoms with Gasteiger partial charge >= 0.3 is 0 Å². The van der Waals surface area contributed by atoms with E-state index in [0.29, 0.717) is 28.6 Å². The maximum absolute atomic E-state index is 13.4. The second kappa shape index (κ2) is 10.0. The molecule has 4 aliphatic carbocycles. The molecule has 0 spiro atoms. The molecule has 2 aliphatic heterocycles. The number of allylic oxidation sites excluding steroid dienone is 4. The molecule has 6 aliphatic rings. The molecule has 2 saturated heterocycles. The Balaban J connectivity index is 0.972. The molecule has 2 saturated carbocycles. The Morgan fingerprint density at radius 1 is 0.458 bits per heavy atom. The van der Waals surface area contributed by atoms with E-state index in [0.717, 1.165) is 29.5 Å². The summed E-state index contributed by atoms with van der Waals surface area (Å²) in [5.41, 5.74) is 5.03. The molecule has 0 radical (unpaired) electrons. The van der Waals surface area contributed by atoms with Gasteiger partial charge in [0.1, 0.15) is 0 Å². The topological polar surface area (TPSA) is 101 Å². The number of anilines is 2. The van der Waals surface area contributed by atoms with E-state index < -0.39 is 0 Å². The first kappa shape index (κ1) is 27.6. The largest absolute Gasteiger partial charge is 0.274 e. The van der Waals surface area contributed by atoms with E-state index in [1.54, 1.807) is 0 Å². The Morgan fingerprint density at radius 3 is 1.21 bits per heavy atom. The minimum absolute atomic E-state index is 0.0988. The van der Waals surface area contributed by atoms with E-state index in [1.165, 1.54) is 9.80 Å². The molecule has 3 heterocycles. The number of imide groups is 2. The van der Waals surface area contributed by atoms with Gasteiger partial charge in [-0.1, -0.05) is 78.9 Å². The summed E-state index contributed by atoms with van der Waals surface area (Å²) < 4.78 is 0. The summed E-state index contributed by atoms with van der Waals surface area (Å²) in [6.07, 6.45) is 10.2. The number of carbonyl (C=O) groups excluding carboxylic acids is 4. The minimum Gasteiger partial charge on any atom is -0.274 e. The van der Waals surface area contributed by atoms with E-state index in [9.17, 15) is 19.2 Å². The lowest BCUT2D eigenvalue weighted by Crippen LogP contribution is -2.32. The van der Waals surface area contributed by atoms with E-state index >= 15 is 0 Å². The van der Waals surface area contributed by atoms with Crippen molar-refractivity contribution in [3.63, 3.8) is 0 Å². The van der Waals surface area contributed by atoms with Gasteiger partial charge in [-0.2, -0.15) is 0 Å². The summed E-state index contributed by atoms with van der Waals surface area (Å²) in [6, 6.07) is 26.5. The van der Waals surface area contributed by atoms with Crippen LogP contribution in [0.3, 0.4) is 0 Å². The highest BCUT2D eigenvalue weighted by molar-refractivity contribution is 6.23. The molecule has 4 aromatic rings. The van der Waals surface area contributed by atoms with Crippen LogP contribution in [-0.2, 0) is 19.2 Å². The third kappa shape index (κ3) is 3.83. The van der Waals surface area contributed by atoms with Crippen molar-refractivity contribution in [2.24, 2.45) is 47.3 Å². The zero-order valence-electron chi connectivity index (χ0n) is 25.8. The van der Waals surface area contributed by atoms with Gasteiger partial charge in [-0.25, -0.2) is 9.97 Å². The number of amides is 4. The quantitative estimate of drug-likeness (QED) is 0.195. The first-order valence-electron chi connectivity index (χ1n) is 16.7. The Morgan fingerprint density at radius 2 is 0.833 bits per heavy atom. The van der Waals surface area contributed by atoms with Crippen LogP contribution < -0.4 is 9.80 Å². The summed E-state index contributed by atoms with van der Waals surface area (Å²) in [5.74, 6) is -0.179. The molecule has 8 atom stereocenters. The molecule has 234 valence electrons. The number of benzene rings is 3. The van der Waals surface area contributed by atoms with E-state index in [2.05, 4.69) is 24.3 Å².